The monoisotopic (exact) mass is 467 g/mol. The molecule has 0 bridgehead atoms. The van der Waals surface area contributed by atoms with Crippen LogP contribution < -0.4 is 4.72 Å². The van der Waals surface area contributed by atoms with E-state index in [2.05, 4.69) is 4.72 Å². The lowest BCUT2D eigenvalue weighted by molar-refractivity contribution is 0.0468. The number of carbonyl (C=O) groups is 2. The van der Waals surface area contributed by atoms with Crippen molar-refractivity contribution in [3.63, 3.8) is 0 Å². The fraction of sp³-hybridized carbons (Fsp3) is 0.0833. The van der Waals surface area contributed by atoms with Crippen LogP contribution in [-0.4, -0.2) is 26.8 Å². The van der Waals surface area contributed by atoms with Crippen molar-refractivity contribution in [3.05, 3.63) is 95.5 Å². The first-order valence-corrected chi connectivity index (χ1v) is 11.3. The highest BCUT2D eigenvalue weighted by Gasteiger charge is 2.20. The second kappa shape index (κ2) is 8.87. The summed E-state index contributed by atoms with van der Waals surface area (Å²) in [5.41, 5.74) is 1.02. The number of halogens is 1. The van der Waals surface area contributed by atoms with Gasteiger partial charge < -0.3 is 9.15 Å². The molecule has 7 nitrogen and oxygen atoms in total. The molecular formula is C24H18FNO6S. The number of ketones is 1. The lowest BCUT2D eigenvalue weighted by Gasteiger charge is -2.11. The number of para-hydroxylation sites is 1. The summed E-state index contributed by atoms with van der Waals surface area (Å²) in [6, 6.07) is 17.7. The number of sulfonamides is 1. The number of hydrogen-bond donors (Lipinski definition) is 1. The Hall–Kier alpha value is -3.98. The molecular weight excluding hydrogens is 449 g/mol. The third-order valence-corrected chi connectivity index (χ3v) is 6.35. The highest BCUT2D eigenvalue weighted by Crippen LogP contribution is 2.22. The van der Waals surface area contributed by atoms with Crippen LogP contribution in [0.5, 0.6) is 0 Å². The van der Waals surface area contributed by atoms with Crippen LogP contribution in [-0.2, 0) is 14.8 Å². The number of Topliss-reactive ketones (excluding diaryl/α,β-unsaturated/α-hetero) is 1. The summed E-state index contributed by atoms with van der Waals surface area (Å²) in [7, 11) is -4.09. The smallest absolute Gasteiger partial charge is 0.338 e. The van der Waals surface area contributed by atoms with Gasteiger partial charge in [-0.2, -0.15) is 0 Å². The molecule has 3 aromatic carbocycles. The zero-order valence-electron chi connectivity index (χ0n) is 17.4. The molecule has 0 aliphatic carbocycles. The number of ether oxygens (including phenoxy) is 1. The molecule has 1 heterocycles. The van der Waals surface area contributed by atoms with Crippen molar-refractivity contribution in [1.29, 1.82) is 0 Å². The minimum atomic E-state index is -4.09. The molecule has 0 radical (unpaired) electrons. The largest absolute Gasteiger partial charge is 0.454 e. The summed E-state index contributed by atoms with van der Waals surface area (Å²) < 4.78 is 51.7. The molecule has 168 valence electrons. The van der Waals surface area contributed by atoms with E-state index in [0.29, 0.717) is 11.1 Å². The number of esters is 1. The van der Waals surface area contributed by atoms with Crippen LogP contribution in [0.2, 0.25) is 0 Å². The van der Waals surface area contributed by atoms with E-state index < -0.39 is 34.2 Å². The highest BCUT2D eigenvalue weighted by molar-refractivity contribution is 7.92. The van der Waals surface area contributed by atoms with Crippen LogP contribution in [0.25, 0.3) is 11.0 Å². The Morgan fingerprint density at radius 2 is 1.79 bits per heavy atom. The fourth-order valence-corrected chi connectivity index (χ4v) is 4.49. The van der Waals surface area contributed by atoms with Crippen molar-refractivity contribution >= 4 is 38.4 Å². The number of fused-ring (bicyclic) bond motifs is 1. The number of carbonyl (C=O) groups excluding carboxylic acids is 2. The van der Waals surface area contributed by atoms with Crippen molar-refractivity contribution in [1.82, 2.24) is 0 Å². The van der Waals surface area contributed by atoms with Gasteiger partial charge in [-0.1, -0.05) is 30.3 Å². The maximum atomic E-state index is 13.5. The van der Waals surface area contributed by atoms with E-state index in [1.807, 2.05) is 6.07 Å². The second-order valence-corrected chi connectivity index (χ2v) is 8.89. The van der Waals surface area contributed by atoms with E-state index in [-0.39, 0.29) is 21.9 Å². The number of rotatable bonds is 7. The zero-order chi connectivity index (χ0) is 23.6. The Kier molecular flexibility index (Phi) is 5.97. The minimum absolute atomic E-state index is 0.0311. The van der Waals surface area contributed by atoms with Gasteiger partial charge in [-0.15, -0.1) is 0 Å². The lowest BCUT2D eigenvalue weighted by Crippen LogP contribution is -2.16. The summed E-state index contributed by atoms with van der Waals surface area (Å²) in [5.74, 6) is -1.95. The molecule has 9 heteroatoms. The standard InChI is InChI=1S/C24H18FNO6S/c1-15-9-10-18(25)13-23(15)33(29,30)26-19-7-4-6-17(11-19)24(28)31-14-20(27)22-12-16-5-2-3-8-21(16)32-22/h2-13,26H,14H2,1H3. The van der Waals surface area contributed by atoms with Gasteiger partial charge in [0.15, 0.2) is 12.4 Å². The molecule has 0 saturated carbocycles. The Bertz CT molecular complexity index is 1440. The van der Waals surface area contributed by atoms with Crippen molar-refractivity contribution in [2.75, 3.05) is 11.3 Å². The Morgan fingerprint density at radius 3 is 2.58 bits per heavy atom. The molecule has 33 heavy (non-hydrogen) atoms. The molecule has 0 aliphatic rings. The molecule has 0 atom stereocenters. The molecule has 1 aromatic heterocycles. The number of furan rings is 1. The van der Waals surface area contributed by atoms with Crippen LogP contribution >= 0.6 is 0 Å². The molecule has 0 aliphatic heterocycles. The molecule has 0 fully saturated rings. The molecule has 0 amide bonds. The van der Waals surface area contributed by atoms with E-state index in [0.717, 1.165) is 17.5 Å². The van der Waals surface area contributed by atoms with Crippen molar-refractivity contribution in [2.24, 2.45) is 0 Å². The Balaban J connectivity index is 1.45. The van der Waals surface area contributed by atoms with Crippen LogP contribution in [0.1, 0.15) is 26.5 Å². The SMILES string of the molecule is Cc1ccc(F)cc1S(=O)(=O)Nc1cccc(C(=O)OCC(=O)c2cc3ccccc3o2)c1. The number of aryl methyl sites for hydroxylation is 1. The molecule has 0 saturated heterocycles. The van der Waals surface area contributed by atoms with E-state index >= 15 is 0 Å². The minimum Gasteiger partial charge on any atom is -0.454 e. The zero-order valence-corrected chi connectivity index (χ0v) is 18.2. The average Bonchev–Trinajstić information content (AvgIpc) is 3.23. The van der Waals surface area contributed by atoms with Gasteiger partial charge in [0.05, 0.1) is 10.5 Å². The fourth-order valence-electron chi connectivity index (χ4n) is 3.19. The molecule has 4 aromatic rings. The third-order valence-electron chi connectivity index (χ3n) is 4.82. The molecule has 0 unspecified atom stereocenters. The van der Waals surface area contributed by atoms with Crippen LogP contribution in [0, 0.1) is 12.7 Å². The van der Waals surface area contributed by atoms with Crippen LogP contribution in [0.3, 0.4) is 0 Å². The number of hydrogen-bond acceptors (Lipinski definition) is 6. The van der Waals surface area contributed by atoms with Gasteiger partial charge in [0.25, 0.3) is 10.0 Å². The summed E-state index contributed by atoms with van der Waals surface area (Å²) >= 11 is 0. The first-order valence-electron chi connectivity index (χ1n) is 9.81. The van der Waals surface area contributed by atoms with Gasteiger partial charge in [-0.05, 0) is 55.0 Å². The van der Waals surface area contributed by atoms with Gasteiger partial charge in [-0.3, -0.25) is 9.52 Å². The van der Waals surface area contributed by atoms with Crippen LogP contribution in [0.4, 0.5) is 10.1 Å². The molecule has 1 N–H and O–H groups in total. The van der Waals surface area contributed by atoms with Crippen molar-refractivity contribution in [2.45, 2.75) is 11.8 Å². The third kappa shape index (κ3) is 4.93. The van der Waals surface area contributed by atoms with E-state index in [4.69, 9.17) is 9.15 Å². The van der Waals surface area contributed by atoms with E-state index in [9.17, 15) is 22.4 Å². The topological polar surface area (TPSA) is 103 Å². The lowest BCUT2D eigenvalue weighted by atomic mass is 10.2. The Morgan fingerprint density at radius 1 is 1.00 bits per heavy atom. The first kappa shape index (κ1) is 22.2. The maximum Gasteiger partial charge on any atom is 0.338 e. The Labute approximate surface area is 188 Å². The second-order valence-electron chi connectivity index (χ2n) is 7.24. The van der Waals surface area contributed by atoms with Gasteiger partial charge in [0, 0.05) is 11.1 Å². The average molecular weight is 467 g/mol. The predicted octanol–water partition coefficient (Wildman–Crippen LogP) is 4.72. The highest BCUT2D eigenvalue weighted by atomic mass is 32.2. The van der Waals surface area contributed by atoms with Crippen molar-refractivity contribution in [3.8, 4) is 0 Å². The summed E-state index contributed by atoms with van der Waals surface area (Å²) in [6.45, 7) is 0.998. The number of nitrogens with one attached hydrogen (secondary N) is 1. The normalized spacial score (nSPS) is 11.3. The summed E-state index contributed by atoms with van der Waals surface area (Å²) in [6.07, 6.45) is 0. The predicted molar refractivity (Wildman–Crippen MR) is 119 cm³/mol. The van der Waals surface area contributed by atoms with E-state index in [1.54, 1.807) is 31.2 Å². The van der Waals surface area contributed by atoms with Gasteiger partial charge in [-0.25, -0.2) is 17.6 Å². The van der Waals surface area contributed by atoms with Gasteiger partial charge >= 0.3 is 5.97 Å². The van der Waals surface area contributed by atoms with Gasteiger partial charge in [0.2, 0.25) is 5.78 Å². The maximum absolute atomic E-state index is 13.5. The van der Waals surface area contributed by atoms with Crippen molar-refractivity contribution < 1.29 is 31.6 Å². The number of benzene rings is 3. The van der Waals surface area contributed by atoms with Crippen LogP contribution in [0.15, 0.2) is 82.1 Å². The van der Waals surface area contributed by atoms with Gasteiger partial charge in [0.1, 0.15) is 11.4 Å². The molecule has 4 rings (SSSR count). The molecule has 0 spiro atoms. The first-order chi connectivity index (χ1) is 15.7. The van der Waals surface area contributed by atoms with E-state index in [1.165, 1.54) is 30.3 Å². The quantitative estimate of drug-likeness (QED) is 0.312. The summed E-state index contributed by atoms with van der Waals surface area (Å²) in [5, 5.41) is 0.751. The number of anilines is 1. The summed E-state index contributed by atoms with van der Waals surface area (Å²) in [4.78, 5) is 24.5.